The number of nitrogens with zero attached hydrogens (tertiary/aromatic N) is 3. The number of hydrogen-bond donors (Lipinski definition) is 1. The van der Waals surface area contributed by atoms with Crippen molar-refractivity contribution in [2.75, 3.05) is 5.32 Å². The Morgan fingerprint density at radius 3 is 2.50 bits per heavy atom. The van der Waals surface area contributed by atoms with Crippen molar-refractivity contribution < 1.29 is 32.4 Å². The molecule has 0 spiro atoms. The quantitative estimate of drug-likeness (QED) is 0.456. The Morgan fingerprint density at radius 2 is 1.83 bits per heavy atom. The third kappa shape index (κ3) is 5.47. The molecule has 156 valence electrons. The van der Waals surface area contributed by atoms with Gasteiger partial charge in [-0.15, -0.1) is 13.2 Å². The van der Waals surface area contributed by atoms with Gasteiger partial charge in [0, 0.05) is 18.0 Å². The van der Waals surface area contributed by atoms with Crippen LogP contribution in [0.25, 0.3) is 0 Å². The van der Waals surface area contributed by atoms with Gasteiger partial charge >= 0.3 is 12.0 Å². The van der Waals surface area contributed by atoms with Crippen LogP contribution in [-0.4, -0.2) is 27.0 Å². The van der Waals surface area contributed by atoms with E-state index < -0.39 is 22.9 Å². The molecule has 0 saturated carbocycles. The molecule has 0 atom stereocenters. The molecule has 3 rings (SSSR count). The molecule has 1 amide bonds. The molecule has 1 heterocycles. The summed E-state index contributed by atoms with van der Waals surface area (Å²) < 4.78 is 46.9. The predicted octanol–water partition coefficient (Wildman–Crippen LogP) is 3.98. The van der Waals surface area contributed by atoms with Crippen LogP contribution >= 0.6 is 0 Å². The first kappa shape index (κ1) is 20.6. The molecule has 0 unspecified atom stereocenters. The second-order valence-electron chi connectivity index (χ2n) is 5.77. The lowest BCUT2D eigenvalue weighted by molar-refractivity contribution is -0.386. The van der Waals surface area contributed by atoms with E-state index in [1.807, 2.05) is 0 Å². The minimum Gasteiger partial charge on any atom is -0.464 e. The van der Waals surface area contributed by atoms with Crippen molar-refractivity contribution in [3.8, 4) is 11.5 Å². The highest BCUT2D eigenvalue weighted by Crippen LogP contribution is 2.26. The molecule has 12 heteroatoms. The zero-order valence-corrected chi connectivity index (χ0v) is 15.0. The van der Waals surface area contributed by atoms with Gasteiger partial charge < -0.3 is 14.8 Å². The lowest BCUT2D eigenvalue weighted by Gasteiger charge is -2.09. The van der Waals surface area contributed by atoms with Crippen LogP contribution in [0.15, 0.2) is 60.8 Å². The van der Waals surface area contributed by atoms with Crippen LogP contribution in [0.5, 0.6) is 11.5 Å². The van der Waals surface area contributed by atoms with E-state index in [9.17, 15) is 28.1 Å². The SMILES string of the molecule is O=C(Nc1ccc(OC(F)(F)F)cc1)c1ccn(COc2ccccc2[N+](=O)[O-])n1. The van der Waals surface area contributed by atoms with Gasteiger partial charge in [-0.2, -0.15) is 5.10 Å². The fraction of sp³-hybridized carbons (Fsp3) is 0.111. The minimum atomic E-state index is -4.81. The van der Waals surface area contributed by atoms with Gasteiger partial charge in [-0.3, -0.25) is 14.9 Å². The smallest absolute Gasteiger partial charge is 0.464 e. The molecule has 0 aliphatic rings. The summed E-state index contributed by atoms with van der Waals surface area (Å²) in [5.74, 6) is -0.981. The molecular weight excluding hydrogens is 409 g/mol. The van der Waals surface area contributed by atoms with E-state index in [0.29, 0.717) is 0 Å². The molecule has 1 aromatic heterocycles. The Labute approximate surface area is 166 Å². The molecule has 0 fully saturated rings. The summed E-state index contributed by atoms with van der Waals surface area (Å²) in [6.07, 6.45) is -3.37. The zero-order chi connectivity index (χ0) is 21.7. The van der Waals surface area contributed by atoms with Gasteiger partial charge in [-0.25, -0.2) is 4.68 Å². The number of nitro benzene ring substituents is 1. The van der Waals surface area contributed by atoms with E-state index >= 15 is 0 Å². The summed E-state index contributed by atoms with van der Waals surface area (Å²) in [5, 5.41) is 17.5. The zero-order valence-electron chi connectivity index (χ0n) is 15.0. The number of benzene rings is 2. The first-order valence-electron chi connectivity index (χ1n) is 8.28. The molecule has 2 aromatic carbocycles. The van der Waals surface area contributed by atoms with E-state index in [-0.39, 0.29) is 29.5 Å². The van der Waals surface area contributed by atoms with E-state index in [4.69, 9.17) is 4.74 Å². The maximum atomic E-state index is 12.2. The van der Waals surface area contributed by atoms with Crippen LogP contribution in [0, 0.1) is 10.1 Å². The van der Waals surface area contributed by atoms with E-state index in [1.54, 1.807) is 6.07 Å². The van der Waals surface area contributed by atoms with Crippen LogP contribution in [0.2, 0.25) is 0 Å². The molecule has 3 aromatic rings. The van der Waals surface area contributed by atoms with Crippen molar-refractivity contribution in [2.45, 2.75) is 13.1 Å². The summed E-state index contributed by atoms with van der Waals surface area (Å²) in [4.78, 5) is 22.6. The minimum absolute atomic E-state index is 0.0109. The fourth-order valence-corrected chi connectivity index (χ4v) is 2.36. The van der Waals surface area contributed by atoms with Crippen molar-refractivity contribution in [2.24, 2.45) is 0 Å². The van der Waals surface area contributed by atoms with Gasteiger partial charge in [0.15, 0.2) is 18.2 Å². The Balaban J connectivity index is 1.59. The van der Waals surface area contributed by atoms with Gasteiger partial charge in [-0.05, 0) is 36.4 Å². The predicted molar refractivity (Wildman–Crippen MR) is 97.0 cm³/mol. The standard InChI is InChI=1S/C18H13F3N4O5/c19-18(20,21)30-13-7-5-12(6-8-13)22-17(26)14-9-10-24(23-14)11-29-16-4-2-1-3-15(16)25(27)28/h1-10H,11H2,(H,22,26). The van der Waals surface area contributed by atoms with E-state index in [1.165, 1.54) is 47.3 Å². The number of rotatable bonds is 7. The number of alkyl halides is 3. The summed E-state index contributed by atoms with van der Waals surface area (Å²) in [6.45, 7) is -0.179. The Bertz CT molecular complexity index is 1050. The fourth-order valence-electron chi connectivity index (χ4n) is 2.36. The number of hydrogen-bond acceptors (Lipinski definition) is 6. The van der Waals surface area contributed by atoms with Gasteiger partial charge in [0.05, 0.1) is 4.92 Å². The van der Waals surface area contributed by atoms with Crippen molar-refractivity contribution >= 4 is 17.3 Å². The Hall–Kier alpha value is -4.09. The van der Waals surface area contributed by atoms with Crippen molar-refractivity contribution in [1.82, 2.24) is 9.78 Å². The number of aromatic nitrogens is 2. The van der Waals surface area contributed by atoms with Gasteiger partial charge in [0.2, 0.25) is 0 Å². The number of para-hydroxylation sites is 2. The Morgan fingerprint density at radius 1 is 1.13 bits per heavy atom. The first-order valence-corrected chi connectivity index (χ1v) is 8.28. The number of halogens is 3. The second kappa shape index (κ2) is 8.51. The third-order valence-electron chi connectivity index (χ3n) is 3.63. The molecule has 0 aliphatic carbocycles. The molecule has 1 N–H and O–H groups in total. The average molecular weight is 422 g/mol. The lowest BCUT2D eigenvalue weighted by atomic mass is 10.3. The number of carbonyl (C=O) groups excluding carboxylic acids is 1. The maximum absolute atomic E-state index is 12.2. The number of nitro groups is 1. The second-order valence-corrected chi connectivity index (χ2v) is 5.77. The number of ether oxygens (including phenoxy) is 2. The molecule has 9 nitrogen and oxygen atoms in total. The van der Waals surface area contributed by atoms with E-state index in [0.717, 1.165) is 12.1 Å². The summed E-state index contributed by atoms with van der Waals surface area (Å²) in [6, 6.07) is 11.8. The summed E-state index contributed by atoms with van der Waals surface area (Å²) in [5.41, 5.74) is 0.0394. The molecule has 0 aliphatic heterocycles. The average Bonchev–Trinajstić information content (AvgIpc) is 3.16. The van der Waals surface area contributed by atoms with Gasteiger partial charge in [0.1, 0.15) is 5.75 Å². The summed E-state index contributed by atoms with van der Waals surface area (Å²) in [7, 11) is 0. The maximum Gasteiger partial charge on any atom is 0.573 e. The molecule has 0 radical (unpaired) electrons. The third-order valence-corrected chi connectivity index (χ3v) is 3.63. The number of amides is 1. The highest BCUT2D eigenvalue weighted by molar-refractivity contribution is 6.02. The summed E-state index contributed by atoms with van der Waals surface area (Å²) >= 11 is 0. The van der Waals surface area contributed by atoms with Crippen LogP contribution in [0.3, 0.4) is 0 Å². The molecule has 0 saturated heterocycles. The van der Waals surface area contributed by atoms with Gasteiger partial charge in [-0.1, -0.05) is 12.1 Å². The first-order chi connectivity index (χ1) is 14.2. The largest absolute Gasteiger partial charge is 0.573 e. The van der Waals surface area contributed by atoms with Crippen molar-refractivity contribution in [3.05, 3.63) is 76.6 Å². The molecule has 0 bridgehead atoms. The number of anilines is 1. The highest BCUT2D eigenvalue weighted by atomic mass is 19.4. The van der Waals surface area contributed by atoms with Crippen molar-refractivity contribution in [3.63, 3.8) is 0 Å². The van der Waals surface area contributed by atoms with Crippen LogP contribution in [0.1, 0.15) is 10.5 Å². The van der Waals surface area contributed by atoms with Crippen LogP contribution in [0.4, 0.5) is 24.5 Å². The van der Waals surface area contributed by atoms with Crippen LogP contribution in [-0.2, 0) is 6.73 Å². The number of nitrogens with one attached hydrogen (secondary N) is 1. The van der Waals surface area contributed by atoms with Crippen molar-refractivity contribution in [1.29, 1.82) is 0 Å². The molecule has 30 heavy (non-hydrogen) atoms. The number of carbonyl (C=O) groups is 1. The lowest BCUT2D eigenvalue weighted by Crippen LogP contribution is -2.17. The monoisotopic (exact) mass is 422 g/mol. The normalized spacial score (nSPS) is 11.0. The van der Waals surface area contributed by atoms with Gasteiger partial charge in [0.25, 0.3) is 5.91 Å². The highest BCUT2D eigenvalue weighted by Gasteiger charge is 2.31. The van der Waals surface area contributed by atoms with E-state index in [2.05, 4.69) is 15.2 Å². The Kier molecular flexibility index (Phi) is 5.85. The molecular formula is C18H13F3N4O5. The van der Waals surface area contributed by atoms with Crippen LogP contribution < -0.4 is 14.8 Å². The topological polar surface area (TPSA) is 109 Å².